The van der Waals surface area contributed by atoms with Gasteiger partial charge in [-0.2, -0.15) is 5.10 Å². The molecular formula is C24H25BrN4O4. The van der Waals surface area contributed by atoms with Crippen LogP contribution < -0.4 is 14.8 Å². The molecule has 0 saturated carbocycles. The lowest BCUT2D eigenvalue weighted by atomic mass is 10.0. The van der Waals surface area contributed by atoms with E-state index in [2.05, 4.69) is 31.5 Å². The van der Waals surface area contributed by atoms with E-state index in [1.807, 2.05) is 61.0 Å². The van der Waals surface area contributed by atoms with Gasteiger partial charge in [0, 0.05) is 16.5 Å². The Kier molecular flexibility index (Phi) is 6.69. The number of aromatic nitrogens is 2. The van der Waals surface area contributed by atoms with Crippen LogP contribution in [0.2, 0.25) is 0 Å². The number of halogens is 1. The summed E-state index contributed by atoms with van der Waals surface area (Å²) in [5, 5.41) is 11.7. The smallest absolute Gasteiger partial charge is 0.268 e. The summed E-state index contributed by atoms with van der Waals surface area (Å²) in [6.45, 7) is 4.32. The number of hydrogen-bond acceptors (Lipinski definition) is 6. The average Bonchev–Trinajstić information content (AvgIpc) is 3.40. The van der Waals surface area contributed by atoms with Crippen LogP contribution in [-0.2, 0) is 16.2 Å². The standard InChI is InChI=1S/C24H25BrN4O4/c1-14-23(15(2)29(27-14)13-16-8-9-20(31-3)21(10-16)32-4)26-24(30)22-12-19(28-33-22)17-6-5-7-18(25)11-17/h5-11,22H,12-13H2,1-4H3,(H,26,30). The minimum absolute atomic E-state index is 0.249. The zero-order valence-electron chi connectivity index (χ0n) is 18.9. The maximum absolute atomic E-state index is 12.9. The first-order valence-electron chi connectivity index (χ1n) is 10.4. The summed E-state index contributed by atoms with van der Waals surface area (Å²) in [6, 6.07) is 13.5. The van der Waals surface area contributed by atoms with Crippen molar-refractivity contribution in [2.45, 2.75) is 32.9 Å². The van der Waals surface area contributed by atoms with Gasteiger partial charge in [-0.25, -0.2) is 0 Å². The van der Waals surface area contributed by atoms with Gasteiger partial charge in [0.25, 0.3) is 5.91 Å². The van der Waals surface area contributed by atoms with Gasteiger partial charge in [0.2, 0.25) is 6.10 Å². The molecule has 1 atom stereocenters. The number of ether oxygens (including phenoxy) is 2. The summed E-state index contributed by atoms with van der Waals surface area (Å²) >= 11 is 3.46. The number of nitrogens with one attached hydrogen (secondary N) is 1. The molecule has 1 aliphatic heterocycles. The Bertz CT molecular complexity index is 1220. The molecule has 2 heterocycles. The van der Waals surface area contributed by atoms with Crippen LogP contribution in [0.4, 0.5) is 5.69 Å². The Labute approximate surface area is 200 Å². The van der Waals surface area contributed by atoms with E-state index in [0.29, 0.717) is 30.2 Å². The second kappa shape index (κ2) is 9.66. The largest absolute Gasteiger partial charge is 0.493 e. The first kappa shape index (κ1) is 22.8. The Morgan fingerprint density at radius 3 is 2.70 bits per heavy atom. The van der Waals surface area contributed by atoms with Crippen molar-refractivity contribution in [3.63, 3.8) is 0 Å². The van der Waals surface area contributed by atoms with Crippen LogP contribution in [0.1, 0.15) is 28.9 Å². The first-order chi connectivity index (χ1) is 15.9. The Balaban J connectivity index is 1.45. The SMILES string of the molecule is COc1ccc(Cn2nc(C)c(NC(=O)C3CC(c4cccc(Br)c4)=NO3)c2C)cc1OC. The van der Waals surface area contributed by atoms with Gasteiger partial charge >= 0.3 is 0 Å². The van der Waals surface area contributed by atoms with Crippen molar-refractivity contribution in [1.29, 1.82) is 0 Å². The number of nitrogens with zero attached hydrogens (tertiary/aromatic N) is 3. The molecule has 1 N–H and O–H groups in total. The molecule has 4 rings (SSSR count). The lowest BCUT2D eigenvalue weighted by molar-refractivity contribution is -0.125. The Morgan fingerprint density at radius 1 is 1.18 bits per heavy atom. The highest BCUT2D eigenvalue weighted by molar-refractivity contribution is 9.10. The Morgan fingerprint density at radius 2 is 1.97 bits per heavy atom. The highest BCUT2D eigenvalue weighted by Crippen LogP contribution is 2.29. The zero-order valence-corrected chi connectivity index (χ0v) is 20.5. The van der Waals surface area contributed by atoms with Crippen molar-refractivity contribution < 1.29 is 19.1 Å². The average molecular weight is 513 g/mol. The number of amides is 1. The lowest BCUT2D eigenvalue weighted by Crippen LogP contribution is -2.28. The molecule has 0 aliphatic carbocycles. The molecule has 3 aromatic rings. The van der Waals surface area contributed by atoms with Crippen molar-refractivity contribution in [3.05, 3.63) is 69.5 Å². The number of carbonyl (C=O) groups excluding carboxylic acids is 1. The molecule has 0 radical (unpaired) electrons. The summed E-state index contributed by atoms with van der Waals surface area (Å²) in [6.07, 6.45) is -0.285. The van der Waals surface area contributed by atoms with Crippen molar-refractivity contribution in [1.82, 2.24) is 9.78 Å². The van der Waals surface area contributed by atoms with Gasteiger partial charge in [-0.05, 0) is 43.7 Å². The molecule has 172 valence electrons. The topological polar surface area (TPSA) is 87.0 Å². The fourth-order valence-corrected chi connectivity index (χ4v) is 4.14. The van der Waals surface area contributed by atoms with Crippen LogP contribution in [0.3, 0.4) is 0 Å². The summed E-state index contributed by atoms with van der Waals surface area (Å²) in [4.78, 5) is 18.3. The third-order valence-electron chi connectivity index (χ3n) is 5.53. The molecule has 1 unspecified atom stereocenters. The summed E-state index contributed by atoms with van der Waals surface area (Å²) < 4.78 is 13.5. The first-order valence-corrected chi connectivity index (χ1v) is 11.2. The second-order valence-electron chi connectivity index (χ2n) is 7.73. The quantitative estimate of drug-likeness (QED) is 0.504. The van der Waals surface area contributed by atoms with Crippen LogP contribution >= 0.6 is 15.9 Å². The zero-order chi connectivity index (χ0) is 23.5. The molecule has 9 heteroatoms. The highest BCUT2D eigenvalue weighted by atomic mass is 79.9. The molecule has 1 amide bonds. The van der Waals surface area contributed by atoms with E-state index in [9.17, 15) is 4.79 Å². The molecule has 33 heavy (non-hydrogen) atoms. The number of benzene rings is 2. The Hall–Kier alpha value is -3.33. The summed E-state index contributed by atoms with van der Waals surface area (Å²) in [5.41, 5.74) is 4.93. The van der Waals surface area contributed by atoms with Gasteiger partial charge in [-0.3, -0.25) is 9.48 Å². The van der Waals surface area contributed by atoms with Gasteiger partial charge in [0.05, 0.1) is 43.6 Å². The molecule has 2 aromatic carbocycles. The van der Waals surface area contributed by atoms with Gasteiger partial charge in [0.15, 0.2) is 11.5 Å². The molecule has 0 fully saturated rings. The predicted molar refractivity (Wildman–Crippen MR) is 129 cm³/mol. The van der Waals surface area contributed by atoms with Crippen molar-refractivity contribution in [2.24, 2.45) is 5.16 Å². The van der Waals surface area contributed by atoms with Gasteiger partial charge in [-0.15, -0.1) is 0 Å². The fourth-order valence-electron chi connectivity index (χ4n) is 3.74. The molecular weight excluding hydrogens is 488 g/mol. The van der Waals surface area contributed by atoms with Crippen LogP contribution in [0.5, 0.6) is 11.5 Å². The number of rotatable bonds is 7. The summed E-state index contributed by atoms with van der Waals surface area (Å²) in [5.74, 6) is 1.08. The van der Waals surface area contributed by atoms with E-state index in [1.165, 1.54) is 0 Å². The number of anilines is 1. The van der Waals surface area contributed by atoms with Crippen molar-refractivity contribution in [2.75, 3.05) is 19.5 Å². The maximum atomic E-state index is 12.9. The molecule has 0 bridgehead atoms. The number of hydrogen-bond donors (Lipinski definition) is 1. The predicted octanol–water partition coefficient (Wildman–Crippen LogP) is 4.46. The van der Waals surface area contributed by atoms with Crippen LogP contribution in [0.15, 0.2) is 52.1 Å². The van der Waals surface area contributed by atoms with Gasteiger partial charge < -0.3 is 19.6 Å². The molecule has 1 aliphatic rings. The highest BCUT2D eigenvalue weighted by Gasteiger charge is 2.30. The van der Waals surface area contributed by atoms with Crippen molar-refractivity contribution in [3.8, 4) is 11.5 Å². The number of carbonyl (C=O) groups is 1. The van der Waals surface area contributed by atoms with Crippen molar-refractivity contribution >= 4 is 33.2 Å². The lowest BCUT2D eigenvalue weighted by Gasteiger charge is -2.12. The van der Waals surface area contributed by atoms with E-state index in [0.717, 1.165) is 32.7 Å². The summed E-state index contributed by atoms with van der Waals surface area (Å²) in [7, 11) is 3.21. The third-order valence-corrected chi connectivity index (χ3v) is 6.02. The second-order valence-corrected chi connectivity index (χ2v) is 8.64. The normalized spacial score (nSPS) is 15.1. The van der Waals surface area contributed by atoms with Gasteiger partial charge in [0.1, 0.15) is 0 Å². The molecule has 1 aromatic heterocycles. The molecule has 8 nitrogen and oxygen atoms in total. The monoisotopic (exact) mass is 512 g/mol. The molecule has 0 spiro atoms. The maximum Gasteiger partial charge on any atom is 0.268 e. The fraction of sp³-hybridized carbons (Fsp3) is 0.292. The number of aryl methyl sites for hydroxylation is 1. The minimum Gasteiger partial charge on any atom is -0.493 e. The van der Waals surface area contributed by atoms with E-state index >= 15 is 0 Å². The minimum atomic E-state index is -0.688. The van der Waals surface area contributed by atoms with E-state index in [1.54, 1.807) is 14.2 Å². The van der Waals surface area contributed by atoms with Crippen LogP contribution in [-0.4, -0.2) is 41.7 Å². The van der Waals surface area contributed by atoms with Crippen LogP contribution in [0, 0.1) is 13.8 Å². The van der Waals surface area contributed by atoms with E-state index in [-0.39, 0.29) is 5.91 Å². The molecule has 0 saturated heterocycles. The number of oxime groups is 1. The van der Waals surface area contributed by atoms with Crippen LogP contribution in [0.25, 0.3) is 0 Å². The third kappa shape index (κ3) is 4.88. The van der Waals surface area contributed by atoms with E-state index < -0.39 is 6.10 Å². The van der Waals surface area contributed by atoms with E-state index in [4.69, 9.17) is 14.3 Å². The van der Waals surface area contributed by atoms with Gasteiger partial charge in [-0.1, -0.05) is 39.3 Å². The number of methoxy groups -OCH3 is 2.